The molecule has 1 amide bonds. The van der Waals surface area contributed by atoms with E-state index in [0.29, 0.717) is 17.0 Å². The van der Waals surface area contributed by atoms with Gasteiger partial charge in [-0.05, 0) is 42.2 Å². The number of aryl methyl sites for hydroxylation is 1. The highest BCUT2D eigenvalue weighted by Gasteiger charge is 2.16. The summed E-state index contributed by atoms with van der Waals surface area (Å²) in [5, 5.41) is 7.48. The molecule has 0 aliphatic carbocycles. The number of benzene rings is 1. The summed E-state index contributed by atoms with van der Waals surface area (Å²) in [4.78, 5) is 21.2. The Bertz CT molecular complexity index is 1130. The van der Waals surface area contributed by atoms with E-state index in [1.807, 2.05) is 54.1 Å². The first-order valence-electron chi connectivity index (χ1n) is 9.09. The fourth-order valence-corrected chi connectivity index (χ4v) is 2.99. The number of aromatic nitrogens is 5. The summed E-state index contributed by atoms with van der Waals surface area (Å²) in [5.74, 6) is 1.03. The van der Waals surface area contributed by atoms with Gasteiger partial charge < -0.3 is 5.32 Å². The molecule has 7 nitrogen and oxygen atoms in total. The maximum Gasteiger partial charge on any atom is 0.256 e. The second kappa shape index (κ2) is 6.60. The van der Waals surface area contributed by atoms with Gasteiger partial charge in [0.15, 0.2) is 17.3 Å². The summed E-state index contributed by atoms with van der Waals surface area (Å²) >= 11 is 0. The highest BCUT2D eigenvalue weighted by atomic mass is 16.1. The van der Waals surface area contributed by atoms with Gasteiger partial charge in [-0.3, -0.25) is 9.36 Å². The van der Waals surface area contributed by atoms with Crippen LogP contribution in [0.15, 0.2) is 55.1 Å². The number of amides is 1. The van der Waals surface area contributed by atoms with E-state index in [0.717, 1.165) is 11.5 Å². The van der Waals surface area contributed by atoms with Crippen molar-refractivity contribution in [2.45, 2.75) is 33.1 Å². The smallest absolute Gasteiger partial charge is 0.256 e. The minimum atomic E-state index is -0.193. The van der Waals surface area contributed by atoms with E-state index in [1.54, 1.807) is 17.0 Å². The van der Waals surface area contributed by atoms with Crippen molar-refractivity contribution < 1.29 is 4.79 Å². The zero-order chi connectivity index (χ0) is 19.9. The van der Waals surface area contributed by atoms with Crippen LogP contribution in [-0.2, 0) is 5.41 Å². The van der Waals surface area contributed by atoms with E-state index in [-0.39, 0.29) is 11.3 Å². The van der Waals surface area contributed by atoms with Gasteiger partial charge in [0.05, 0.1) is 5.69 Å². The number of imidazole rings is 2. The van der Waals surface area contributed by atoms with Crippen LogP contribution in [0.5, 0.6) is 0 Å². The molecule has 4 aromatic rings. The number of hydrogen-bond donors (Lipinski definition) is 1. The maximum absolute atomic E-state index is 12.7. The van der Waals surface area contributed by atoms with Crippen LogP contribution < -0.4 is 5.32 Å². The van der Waals surface area contributed by atoms with Gasteiger partial charge in [0.1, 0.15) is 6.33 Å². The fourth-order valence-electron chi connectivity index (χ4n) is 2.99. The van der Waals surface area contributed by atoms with Gasteiger partial charge in [-0.25, -0.2) is 14.5 Å². The van der Waals surface area contributed by atoms with Gasteiger partial charge >= 0.3 is 0 Å². The van der Waals surface area contributed by atoms with Crippen molar-refractivity contribution in [1.82, 2.24) is 24.1 Å². The molecule has 142 valence electrons. The molecule has 1 aromatic carbocycles. The van der Waals surface area contributed by atoms with Gasteiger partial charge in [-0.1, -0.05) is 32.9 Å². The third-order valence-electron chi connectivity index (χ3n) is 4.70. The summed E-state index contributed by atoms with van der Waals surface area (Å²) in [6.07, 6.45) is 5.21. The molecule has 28 heavy (non-hydrogen) atoms. The molecule has 3 heterocycles. The van der Waals surface area contributed by atoms with E-state index in [4.69, 9.17) is 0 Å². The minimum Gasteiger partial charge on any atom is -0.305 e. The van der Waals surface area contributed by atoms with Gasteiger partial charge in [0, 0.05) is 18.0 Å². The normalized spacial score (nSPS) is 11.7. The minimum absolute atomic E-state index is 0.0474. The molecule has 0 spiro atoms. The van der Waals surface area contributed by atoms with Crippen molar-refractivity contribution in [3.63, 3.8) is 0 Å². The second-order valence-electron chi connectivity index (χ2n) is 7.76. The zero-order valence-electron chi connectivity index (χ0n) is 16.3. The Hall–Kier alpha value is -3.48. The Morgan fingerprint density at radius 3 is 2.46 bits per heavy atom. The lowest BCUT2D eigenvalue weighted by atomic mass is 9.87. The average molecular weight is 374 g/mol. The molecule has 0 atom stereocenters. The van der Waals surface area contributed by atoms with Gasteiger partial charge in [-0.15, -0.1) is 5.10 Å². The van der Waals surface area contributed by atoms with Crippen LogP contribution in [0, 0.1) is 6.92 Å². The number of hydrogen-bond acceptors (Lipinski definition) is 4. The van der Waals surface area contributed by atoms with Crippen molar-refractivity contribution in [2.24, 2.45) is 0 Å². The Labute approximate surface area is 163 Å². The number of nitrogens with zero attached hydrogens (tertiary/aromatic N) is 5. The molecule has 7 heteroatoms. The van der Waals surface area contributed by atoms with E-state index in [9.17, 15) is 4.79 Å². The molecule has 0 unspecified atom stereocenters. The van der Waals surface area contributed by atoms with Crippen molar-refractivity contribution in [3.8, 4) is 5.82 Å². The monoisotopic (exact) mass is 374 g/mol. The number of nitrogens with one attached hydrogen (secondary N) is 1. The third kappa shape index (κ3) is 3.26. The molecule has 3 aromatic heterocycles. The van der Waals surface area contributed by atoms with E-state index in [2.05, 4.69) is 41.2 Å². The zero-order valence-corrected chi connectivity index (χ0v) is 16.3. The van der Waals surface area contributed by atoms with Crippen molar-refractivity contribution in [2.75, 3.05) is 5.32 Å². The van der Waals surface area contributed by atoms with Gasteiger partial charge in [0.25, 0.3) is 5.91 Å². The molecule has 4 rings (SSSR count). The summed E-state index contributed by atoms with van der Waals surface area (Å²) in [5.41, 5.74) is 3.25. The standard InChI is InChI=1S/C21H22N6O/c1-14-19(24-20(28)15-5-7-16(8-6-15)21(2,3)4)23-17-9-10-18(25-27(14)17)26-12-11-22-13-26/h5-13H,1-4H3,(H,24,28). The third-order valence-corrected chi connectivity index (χ3v) is 4.70. The first kappa shape index (κ1) is 17.9. The second-order valence-corrected chi connectivity index (χ2v) is 7.76. The summed E-state index contributed by atoms with van der Waals surface area (Å²) < 4.78 is 3.53. The predicted molar refractivity (Wildman–Crippen MR) is 108 cm³/mol. The molecule has 0 saturated carbocycles. The molecule has 0 radical (unpaired) electrons. The van der Waals surface area contributed by atoms with E-state index in [1.165, 1.54) is 5.56 Å². The molecule has 0 bridgehead atoms. The topological polar surface area (TPSA) is 77.1 Å². The summed E-state index contributed by atoms with van der Waals surface area (Å²) in [6, 6.07) is 11.4. The van der Waals surface area contributed by atoms with Gasteiger partial charge in [0.2, 0.25) is 0 Å². The van der Waals surface area contributed by atoms with E-state index < -0.39 is 0 Å². The molecular formula is C21H22N6O. The highest BCUT2D eigenvalue weighted by molar-refractivity contribution is 6.04. The Kier molecular flexibility index (Phi) is 4.22. The van der Waals surface area contributed by atoms with Crippen molar-refractivity contribution in [3.05, 3.63) is 71.9 Å². The largest absolute Gasteiger partial charge is 0.305 e. The number of carbonyl (C=O) groups excluding carboxylic acids is 1. The number of rotatable bonds is 3. The first-order chi connectivity index (χ1) is 13.3. The fraction of sp³-hybridized carbons (Fsp3) is 0.238. The van der Waals surface area contributed by atoms with Crippen molar-refractivity contribution >= 4 is 17.4 Å². The number of carbonyl (C=O) groups is 1. The summed E-state index contributed by atoms with van der Waals surface area (Å²) in [7, 11) is 0. The lowest BCUT2D eigenvalue weighted by Crippen LogP contribution is -2.15. The molecule has 0 aliphatic rings. The molecular weight excluding hydrogens is 352 g/mol. The number of anilines is 1. The summed E-state index contributed by atoms with van der Waals surface area (Å²) in [6.45, 7) is 8.32. The SMILES string of the molecule is Cc1c(NC(=O)c2ccc(C(C)(C)C)cc2)nc2ccc(-n3ccnc3)nn12. The van der Waals surface area contributed by atoms with Gasteiger partial charge in [-0.2, -0.15) is 0 Å². The van der Waals surface area contributed by atoms with Crippen molar-refractivity contribution in [1.29, 1.82) is 0 Å². The van der Waals surface area contributed by atoms with Crippen LogP contribution in [0.4, 0.5) is 5.82 Å². The van der Waals surface area contributed by atoms with Crippen LogP contribution >= 0.6 is 0 Å². The van der Waals surface area contributed by atoms with Crippen LogP contribution in [0.3, 0.4) is 0 Å². The molecule has 0 fully saturated rings. The molecule has 0 saturated heterocycles. The average Bonchev–Trinajstić information content (AvgIpc) is 3.30. The lowest BCUT2D eigenvalue weighted by molar-refractivity contribution is 0.102. The Morgan fingerprint density at radius 2 is 1.82 bits per heavy atom. The number of fused-ring (bicyclic) bond motifs is 1. The van der Waals surface area contributed by atoms with Crippen LogP contribution in [-0.4, -0.2) is 30.1 Å². The first-order valence-corrected chi connectivity index (χ1v) is 9.09. The quantitative estimate of drug-likeness (QED) is 0.592. The molecule has 1 N–H and O–H groups in total. The van der Waals surface area contributed by atoms with E-state index >= 15 is 0 Å². The highest BCUT2D eigenvalue weighted by Crippen LogP contribution is 2.23. The Morgan fingerprint density at radius 1 is 1.07 bits per heavy atom. The van der Waals surface area contributed by atoms with Crippen LogP contribution in [0.25, 0.3) is 11.5 Å². The lowest BCUT2D eigenvalue weighted by Gasteiger charge is -2.19. The van der Waals surface area contributed by atoms with Crippen LogP contribution in [0.2, 0.25) is 0 Å². The predicted octanol–water partition coefficient (Wildman–Crippen LogP) is 3.77. The maximum atomic E-state index is 12.7. The van der Waals surface area contributed by atoms with Crippen LogP contribution in [0.1, 0.15) is 42.4 Å². The molecule has 0 aliphatic heterocycles. The Balaban J connectivity index is 1.61.